The molecule has 134 valence electrons. The topological polar surface area (TPSA) is 95.7 Å². The van der Waals surface area contributed by atoms with Crippen LogP contribution in [0.25, 0.3) is 5.78 Å². The molecule has 0 aliphatic heterocycles. The van der Waals surface area contributed by atoms with Gasteiger partial charge in [0.25, 0.3) is 11.6 Å². The zero-order chi connectivity index (χ0) is 18.7. The summed E-state index contributed by atoms with van der Waals surface area (Å²) >= 11 is 0. The Labute approximate surface area is 149 Å². The lowest BCUT2D eigenvalue weighted by Crippen LogP contribution is -2.15. The number of rotatable bonds is 6. The van der Waals surface area contributed by atoms with E-state index in [-0.39, 0.29) is 11.6 Å². The molecule has 0 fully saturated rings. The Morgan fingerprint density at radius 3 is 2.54 bits per heavy atom. The summed E-state index contributed by atoms with van der Waals surface area (Å²) in [5.41, 5.74) is 2.00. The van der Waals surface area contributed by atoms with Crippen molar-refractivity contribution in [3.05, 3.63) is 53.1 Å². The molecule has 1 aromatic carbocycles. The predicted molar refractivity (Wildman–Crippen MR) is 92.5 cm³/mol. The van der Waals surface area contributed by atoms with Crippen LogP contribution in [0.3, 0.4) is 0 Å². The van der Waals surface area contributed by atoms with Gasteiger partial charge in [-0.3, -0.25) is 4.79 Å². The number of carbonyl (C=O) groups excluding carboxylic acids is 2. The van der Waals surface area contributed by atoms with Crippen LogP contribution in [0, 0.1) is 13.8 Å². The zero-order valence-corrected chi connectivity index (χ0v) is 14.7. The van der Waals surface area contributed by atoms with Crippen molar-refractivity contribution in [2.75, 3.05) is 13.2 Å². The largest absolute Gasteiger partial charge is 0.494 e. The van der Waals surface area contributed by atoms with Crippen molar-refractivity contribution in [2.45, 2.75) is 20.8 Å². The van der Waals surface area contributed by atoms with Gasteiger partial charge in [-0.2, -0.15) is 4.98 Å². The quantitative estimate of drug-likeness (QED) is 0.494. The fourth-order valence-electron chi connectivity index (χ4n) is 2.44. The molecule has 0 saturated carbocycles. The first-order chi connectivity index (χ1) is 12.5. The smallest absolute Gasteiger partial charge is 0.378 e. The lowest BCUT2D eigenvalue weighted by atomic mass is 10.1. The normalized spacial score (nSPS) is 10.7. The highest BCUT2D eigenvalue weighted by Gasteiger charge is 2.18. The van der Waals surface area contributed by atoms with Crippen LogP contribution in [0.2, 0.25) is 0 Å². The minimum atomic E-state index is -0.771. The molecule has 3 aromatic rings. The third-order valence-corrected chi connectivity index (χ3v) is 3.62. The Morgan fingerprint density at radius 2 is 1.85 bits per heavy atom. The number of aromatic nitrogens is 4. The van der Waals surface area contributed by atoms with Gasteiger partial charge < -0.3 is 9.47 Å². The SMILES string of the molecule is CCOc1ccc(C(=O)COC(=O)c2nc3nc(C)cc(C)n3n2)cc1. The van der Waals surface area contributed by atoms with Crippen molar-refractivity contribution in [2.24, 2.45) is 0 Å². The second kappa shape index (κ2) is 7.30. The first-order valence-electron chi connectivity index (χ1n) is 8.12. The minimum Gasteiger partial charge on any atom is -0.494 e. The number of benzene rings is 1. The second-order valence-electron chi connectivity index (χ2n) is 5.64. The first kappa shape index (κ1) is 17.5. The van der Waals surface area contributed by atoms with Gasteiger partial charge in [0.1, 0.15) is 5.75 Å². The van der Waals surface area contributed by atoms with E-state index < -0.39 is 12.6 Å². The van der Waals surface area contributed by atoms with E-state index in [1.807, 2.05) is 26.8 Å². The molecule has 3 rings (SSSR count). The highest BCUT2D eigenvalue weighted by Crippen LogP contribution is 2.13. The molecule has 0 aliphatic rings. The fourth-order valence-corrected chi connectivity index (χ4v) is 2.44. The average Bonchev–Trinajstić information content (AvgIpc) is 3.05. The molecule has 0 amide bonds. The van der Waals surface area contributed by atoms with Crippen molar-refractivity contribution in [3.8, 4) is 5.75 Å². The number of ether oxygens (including phenoxy) is 2. The Hall–Kier alpha value is -3.29. The Bertz CT molecular complexity index is 963. The molecule has 0 radical (unpaired) electrons. The van der Waals surface area contributed by atoms with E-state index in [1.54, 1.807) is 24.3 Å². The molecule has 0 bridgehead atoms. The van der Waals surface area contributed by atoms with Gasteiger partial charge in [-0.25, -0.2) is 14.3 Å². The van der Waals surface area contributed by atoms with Crippen LogP contribution < -0.4 is 4.74 Å². The van der Waals surface area contributed by atoms with Crippen LogP contribution in [0.5, 0.6) is 5.75 Å². The summed E-state index contributed by atoms with van der Waals surface area (Å²) in [5.74, 6) is -0.242. The summed E-state index contributed by atoms with van der Waals surface area (Å²) in [5, 5.41) is 4.08. The number of Topliss-reactive ketones (excluding diaryl/α,β-unsaturated/α-hetero) is 1. The van der Waals surface area contributed by atoms with Gasteiger partial charge >= 0.3 is 5.97 Å². The standard InChI is InChI=1S/C18H18N4O4/c1-4-25-14-7-5-13(6-8-14)15(23)10-26-17(24)16-20-18-19-11(2)9-12(3)22(18)21-16/h5-9H,4,10H2,1-3H3. The maximum atomic E-state index is 12.1. The summed E-state index contributed by atoms with van der Waals surface area (Å²) in [6, 6.07) is 8.46. The van der Waals surface area contributed by atoms with Crippen LogP contribution in [0.15, 0.2) is 30.3 Å². The second-order valence-corrected chi connectivity index (χ2v) is 5.64. The summed E-state index contributed by atoms with van der Waals surface area (Å²) in [7, 11) is 0. The number of fused-ring (bicyclic) bond motifs is 1. The van der Waals surface area contributed by atoms with Gasteiger partial charge in [-0.05, 0) is 51.1 Å². The van der Waals surface area contributed by atoms with Crippen molar-refractivity contribution in [1.82, 2.24) is 19.6 Å². The first-order valence-corrected chi connectivity index (χ1v) is 8.12. The third-order valence-electron chi connectivity index (χ3n) is 3.62. The molecule has 0 N–H and O–H groups in total. The van der Waals surface area contributed by atoms with E-state index in [4.69, 9.17) is 9.47 Å². The third kappa shape index (κ3) is 3.69. The molecule has 2 aromatic heterocycles. The maximum Gasteiger partial charge on any atom is 0.378 e. The molecule has 0 spiro atoms. The van der Waals surface area contributed by atoms with Gasteiger partial charge in [0, 0.05) is 17.0 Å². The molecule has 0 atom stereocenters. The summed E-state index contributed by atoms with van der Waals surface area (Å²) in [6.45, 7) is 5.69. The van der Waals surface area contributed by atoms with E-state index in [2.05, 4.69) is 15.1 Å². The average molecular weight is 354 g/mol. The van der Waals surface area contributed by atoms with E-state index in [0.29, 0.717) is 23.7 Å². The Kier molecular flexibility index (Phi) is 4.92. The van der Waals surface area contributed by atoms with Crippen LogP contribution >= 0.6 is 0 Å². The fraction of sp³-hybridized carbons (Fsp3) is 0.278. The number of ketones is 1. The number of esters is 1. The zero-order valence-electron chi connectivity index (χ0n) is 14.7. The maximum absolute atomic E-state index is 12.1. The van der Waals surface area contributed by atoms with Crippen LogP contribution in [-0.2, 0) is 4.74 Å². The van der Waals surface area contributed by atoms with Crippen LogP contribution in [0.1, 0.15) is 39.3 Å². The summed E-state index contributed by atoms with van der Waals surface area (Å²) < 4.78 is 11.8. The number of hydrogen-bond donors (Lipinski definition) is 0. The van der Waals surface area contributed by atoms with E-state index >= 15 is 0 Å². The number of nitrogens with zero attached hydrogens (tertiary/aromatic N) is 4. The lowest BCUT2D eigenvalue weighted by molar-refractivity contribution is 0.0463. The summed E-state index contributed by atoms with van der Waals surface area (Å²) in [6.07, 6.45) is 0. The van der Waals surface area contributed by atoms with Gasteiger partial charge in [-0.1, -0.05) is 0 Å². The van der Waals surface area contributed by atoms with E-state index in [0.717, 1.165) is 11.4 Å². The van der Waals surface area contributed by atoms with Crippen molar-refractivity contribution < 1.29 is 19.1 Å². The molecular formula is C18H18N4O4. The lowest BCUT2D eigenvalue weighted by Gasteiger charge is -2.05. The van der Waals surface area contributed by atoms with E-state index in [9.17, 15) is 9.59 Å². The van der Waals surface area contributed by atoms with Gasteiger partial charge in [0.15, 0.2) is 12.4 Å². The van der Waals surface area contributed by atoms with E-state index in [1.165, 1.54) is 4.52 Å². The minimum absolute atomic E-state index is 0.134. The summed E-state index contributed by atoms with van der Waals surface area (Å²) in [4.78, 5) is 32.5. The number of aryl methyl sites for hydroxylation is 2. The highest BCUT2D eigenvalue weighted by atomic mass is 16.5. The predicted octanol–water partition coefficient (Wildman–Crippen LogP) is 2.18. The Balaban J connectivity index is 1.66. The van der Waals surface area contributed by atoms with Gasteiger partial charge in [0.05, 0.1) is 6.61 Å². The highest BCUT2D eigenvalue weighted by molar-refractivity contribution is 5.98. The number of hydrogen-bond acceptors (Lipinski definition) is 7. The van der Waals surface area contributed by atoms with Gasteiger partial charge in [-0.15, -0.1) is 5.10 Å². The number of carbonyl (C=O) groups is 2. The van der Waals surface area contributed by atoms with Gasteiger partial charge in [0.2, 0.25) is 0 Å². The molecule has 8 nitrogen and oxygen atoms in total. The van der Waals surface area contributed by atoms with Crippen molar-refractivity contribution in [3.63, 3.8) is 0 Å². The molecule has 0 saturated heterocycles. The van der Waals surface area contributed by atoms with Crippen LogP contribution in [0.4, 0.5) is 0 Å². The van der Waals surface area contributed by atoms with Crippen molar-refractivity contribution >= 4 is 17.5 Å². The van der Waals surface area contributed by atoms with Crippen LogP contribution in [-0.4, -0.2) is 44.5 Å². The molecule has 2 heterocycles. The van der Waals surface area contributed by atoms with Crippen molar-refractivity contribution in [1.29, 1.82) is 0 Å². The molecule has 0 unspecified atom stereocenters. The molecule has 0 aliphatic carbocycles. The molecule has 26 heavy (non-hydrogen) atoms. The molecular weight excluding hydrogens is 336 g/mol. The molecule has 8 heteroatoms. The Morgan fingerprint density at radius 1 is 1.12 bits per heavy atom. The monoisotopic (exact) mass is 354 g/mol.